The van der Waals surface area contributed by atoms with Crippen molar-refractivity contribution < 1.29 is 12.8 Å². The summed E-state index contributed by atoms with van der Waals surface area (Å²) >= 11 is 0. The molecule has 3 rings (SSSR count). The van der Waals surface area contributed by atoms with E-state index >= 15 is 0 Å². The van der Waals surface area contributed by atoms with E-state index in [2.05, 4.69) is 0 Å². The van der Waals surface area contributed by atoms with Gasteiger partial charge in [0.05, 0.1) is 18.1 Å². The van der Waals surface area contributed by atoms with Gasteiger partial charge in [-0.2, -0.15) is 4.31 Å². The Morgan fingerprint density at radius 2 is 1.95 bits per heavy atom. The van der Waals surface area contributed by atoms with Crippen molar-refractivity contribution in [3.8, 4) is 0 Å². The van der Waals surface area contributed by atoms with Gasteiger partial charge in [0, 0.05) is 6.54 Å². The quantitative estimate of drug-likeness (QED) is 0.870. The molecule has 0 N–H and O–H groups in total. The molecule has 1 aliphatic rings. The topological polar surface area (TPSA) is 50.5 Å². The van der Waals surface area contributed by atoms with Crippen LogP contribution in [-0.4, -0.2) is 19.3 Å². The Labute approximate surface area is 119 Å². The molecule has 2 aromatic rings. The van der Waals surface area contributed by atoms with Crippen molar-refractivity contribution in [3.63, 3.8) is 0 Å². The molecule has 0 spiro atoms. The van der Waals surface area contributed by atoms with Crippen LogP contribution < -0.4 is 0 Å². The van der Waals surface area contributed by atoms with E-state index in [1.165, 1.54) is 0 Å². The van der Waals surface area contributed by atoms with E-state index in [1.54, 1.807) is 16.6 Å². The largest absolute Gasteiger partial charge is 0.468 e. The maximum absolute atomic E-state index is 12.6. The lowest BCUT2D eigenvalue weighted by atomic mass is 10.2. The Kier molecular flexibility index (Phi) is 3.63. The fourth-order valence-corrected chi connectivity index (χ4v) is 4.49. The highest BCUT2D eigenvalue weighted by Gasteiger charge is 2.36. The van der Waals surface area contributed by atoms with Crippen molar-refractivity contribution in [2.45, 2.75) is 24.6 Å². The van der Waals surface area contributed by atoms with Crippen LogP contribution in [0.5, 0.6) is 0 Å². The van der Waals surface area contributed by atoms with Crippen LogP contribution in [0.2, 0.25) is 0 Å². The maximum atomic E-state index is 12.6. The fourth-order valence-electron chi connectivity index (χ4n) is 2.71. The molecule has 20 heavy (non-hydrogen) atoms. The first-order chi connectivity index (χ1) is 9.67. The standard InChI is InChI=1S/C15H17NO3S/c17-20(18,12-13-6-2-1-3-7-13)16-10-4-8-14(16)15-9-5-11-19-15/h1-3,5-7,9,11,14H,4,8,10,12H2/t14-/m1/s1. The third kappa shape index (κ3) is 2.64. The summed E-state index contributed by atoms with van der Waals surface area (Å²) in [7, 11) is -3.31. The van der Waals surface area contributed by atoms with E-state index in [0.717, 1.165) is 24.2 Å². The predicted octanol–water partition coefficient (Wildman–Crippen LogP) is 2.95. The van der Waals surface area contributed by atoms with Crippen LogP contribution in [0.4, 0.5) is 0 Å². The Morgan fingerprint density at radius 1 is 1.15 bits per heavy atom. The van der Waals surface area contributed by atoms with Gasteiger partial charge in [0.25, 0.3) is 0 Å². The zero-order valence-corrected chi connectivity index (χ0v) is 11.9. The Morgan fingerprint density at radius 3 is 2.65 bits per heavy atom. The average molecular weight is 291 g/mol. The number of hydrogen-bond acceptors (Lipinski definition) is 3. The van der Waals surface area contributed by atoms with Gasteiger partial charge in [-0.15, -0.1) is 0 Å². The number of benzene rings is 1. The number of furan rings is 1. The minimum absolute atomic E-state index is 0.0467. The number of sulfonamides is 1. The molecule has 5 heteroatoms. The highest BCUT2D eigenvalue weighted by Crippen LogP contribution is 2.35. The molecule has 0 radical (unpaired) electrons. The summed E-state index contributed by atoms with van der Waals surface area (Å²) in [6.07, 6.45) is 3.29. The van der Waals surface area contributed by atoms with Crippen LogP contribution in [0.3, 0.4) is 0 Å². The summed E-state index contributed by atoms with van der Waals surface area (Å²) in [6.45, 7) is 0.570. The minimum atomic E-state index is -3.31. The molecule has 0 aliphatic carbocycles. The second-order valence-corrected chi connectivity index (χ2v) is 6.95. The molecule has 1 aromatic carbocycles. The van der Waals surface area contributed by atoms with Crippen LogP contribution in [0, 0.1) is 0 Å². The first-order valence-electron chi connectivity index (χ1n) is 6.74. The third-order valence-corrected chi connectivity index (χ3v) is 5.47. The molecule has 2 heterocycles. The summed E-state index contributed by atoms with van der Waals surface area (Å²) < 4.78 is 32.2. The molecular weight excluding hydrogens is 274 g/mol. The summed E-state index contributed by atoms with van der Waals surface area (Å²) in [5, 5.41) is 0. The Balaban J connectivity index is 1.83. The van der Waals surface area contributed by atoms with Crippen molar-refractivity contribution in [2.75, 3.05) is 6.54 Å². The molecule has 106 valence electrons. The number of hydrogen-bond donors (Lipinski definition) is 0. The van der Waals surface area contributed by atoms with Crippen molar-refractivity contribution >= 4 is 10.0 Å². The normalized spacial score (nSPS) is 20.3. The lowest BCUT2D eigenvalue weighted by Gasteiger charge is -2.22. The van der Waals surface area contributed by atoms with Crippen LogP contribution in [0.15, 0.2) is 53.1 Å². The molecule has 0 unspecified atom stereocenters. The summed E-state index contributed by atoms with van der Waals surface area (Å²) in [4.78, 5) is 0. The third-order valence-electron chi connectivity index (χ3n) is 3.62. The Bertz CT molecular complexity index is 650. The van der Waals surface area contributed by atoms with Gasteiger partial charge in [0.15, 0.2) is 0 Å². The summed E-state index contributed by atoms with van der Waals surface area (Å²) in [5.74, 6) is 0.782. The SMILES string of the molecule is O=S(=O)(Cc1ccccc1)N1CCC[C@@H]1c1ccco1. The van der Waals surface area contributed by atoms with Gasteiger partial charge in [-0.3, -0.25) is 0 Å². The van der Waals surface area contributed by atoms with Crippen molar-refractivity contribution in [1.29, 1.82) is 0 Å². The second kappa shape index (κ2) is 5.42. The van der Waals surface area contributed by atoms with Gasteiger partial charge in [-0.05, 0) is 30.5 Å². The average Bonchev–Trinajstić information content (AvgIpc) is 3.10. The minimum Gasteiger partial charge on any atom is -0.468 e. The molecule has 1 aromatic heterocycles. The van der Waals surface area contributed by atoms with E-state index in [-0.39, 0.29) is 11.8 Å². The van der Waals surface area contributed by atoms with Gasteiger partial charge in [-0.25, -0.2) is 8.42 Å². The molecule has 1 aliphatic heterocycles. The zero-order chi connectivity index (χ0) is 14.0. The Hall–Kier alpha value is -1.59. The smallest absolute Gasteiger partial charge is 0.218 e. The number of rotatable bonds is 4. The highest BCUT2D eigenvalue weighted by molar-refractivity contribution is 7.88. The molecule has 1 atom stereocenters. The summed E-state index contributed by atoms with van der Waals surface area (Å²) in [6, 6.07) is 12.8. The predicted molar refractivity (Wildman–Crippen MR) is 76.5 cm³/mol. The first kappa shape index (κ1) is 13.4. The molecular formula is C15H17NO3S. The zero-order valence-electron chi connectivity index (χ0n) is 11.1. The van der Waals surface area contributed by atoms with E-state index in [9.17, 15) is 8.42 Å². The van der Waals surface area contributed by atoms with Crippen LogP contribution in [-0.2, 0) is 15.8 Å². The molecule has 0 amide bonds. The van der Waals surface area contributed by atoms with Crippen molar-refractivity contribution in [2.24, 2.45) is 0 Å². The van der Waals surface area contributed by atoms with E-state index in [0.29, 0.717) is 6.54 Å². The highest BCUT2D eigenvalue weighted by atomic mass is 32.2. The molecule has 1 fully saturated rings. The van der Waals surface area contributed by atoms with Gasteiger partial charge < -0.3 is 4.42 Å². The second-order valence-electron chi connectivity index (χ2n) is 5.03. The van der Waals surface area contributed by atoms with E-state index < -0.39 is 10.0 Å². The van der Waals surface area contributed by atoms with Gasteiger partial charge in [0.1, 0.15) is 5.76 Å². The molecule has 4 nitrogen and oxygen atoms in total. The van der Waals surface area contributed by atoms with Crippen molar-refractivity contribution in [3.05, 3.63) is 60.1 Å². The van der Waals surface area contributed by atoms with Crippen LogP contribution in [0.1, 0.15) is 30.2 Å². The molecule has 0 bridgehead atoms. The summed E-state index contributed by atoms with van der Waals surface area (Å²) in [5.41, 5.74) is 0.817. The lowest BCUT2D eigenvalue weighted by molar-refractivity contribution is 0.339. The maximum Gasteiger partial charge on any atom is 0.218 e. The molecule has 0 saturated carbocycles. The van der Waals surface area contributed by atoms with Gasteiger partial charge >= 0.3 is 0 Å². The fraction of sp³-hybridized carbons (Fsp3) is 0.333. The van der Waals surface area contributed by atoms with Crippen LogP contribution in [0.25, 0.3) is 0 Å². The van der Waals surface area contributed by atoms with E-state index in [1.807, 2.05) is 36.4 Å². The van der Waals surface area contributed by atoms with E-state index in [4.69, 9.17) is 4.42 Å². The monoisotopic (exact) mass is 291 g/mol. The van der Waals surface area contributed by atoms with Crippen LogP contribution >= 0.6 is 0 Å². The number of nitrogens with zero attached hydrogens (tertiary/aromatic N) is 1. The first-order valence-corrected chi connectivity index (χ1v) is 8.34. The van der Waals surface area contributed by atoms with Gasteiger partial charge in [0.2, 0.25) is 10.0 Å². The lowest BCUT2D eigenvalue weighted by Crippen LogP contribution is -2.31. The van der Waals surface area contributed by atoms with Gasteiger partial charge in [-0.1, -0.05) is 30.3 Å². The molecule has 1 saturated heterocycles. The van der Waals surface area contributed by atoms with Crippen molar-refractivity contribution in [1.82, 2.24) is 4.31 Å².